The Morgan fingerprint density at radius 3 is 2.86 bits per heavy atom. The van der Waals surface area contributed by atoms with Gasteiger partial charge in [0, 0.05) is 15.2 Å². The first-order valence-corrected chi connectivity index (χ1v) is 7.66. The van der Waals surface area contributed by atoms with Crippen molar-refractivity contribution in [1.82, 2.24) is 0 Å². The third-order valence-electron chi connectivity index (χ3n) is 2.87. The van der Waals surface area contributed by atoms with Crippen molar-refractivity contribution in [3.05, 3.63) is 57.5 Å². The smallest absolute Gasteiger partial charge is 0.227 e. The molecule has 21 heavy (non-hydrogen) atoms. The van der Waals surface area contributed by atoms with Crippen molar-refractivity contribution in [3.63, 3.8) is 0 Å². The van der Waals surface area contributed by atoms with Gasteiger partial charge in [-0.3, -0.25) is 4.79 Å². The average Bonchev–Trinajstić information content (AvgIpc) is 2.43. The maximum Gasteiger partial charge on any atom is 0.227 e. The summed E-state index contributed by atoms with van der Waals surface area (Å²) in [4.78, 5) is 11.9. The van der Waals surface area contributed by atoms with Crippen LogP contribution in [0.3, 0.4) is 0 Å². The standard InChI is InChI=1S/C16H15BrClNO2/c1-11-5-6-13(18)10-15(11)19-16(20)7-8-21-14-4-2-3-12(17)9-14/h2-6,9-10H,7-8H2,1H3,(H,19,20). The van der Waals surface area contributed by atoms with E-state index in [1.165, 1.54) is 0 Å². The molecule has 2 aromatic carbocycles. The molecule has 2 rings (SSSR count). The SMILES string of the molecule is Cc1ccc(Cl)cc1NC(=O)CCOc1cccc(Br)c1. The number of carbonyl (C=O) groups excluding carboxylic acids is 1. The predicted molar refractivity (Wildman–Crippen MR) is 89.1 cm³/mol. The summed E-state index contributed by atoms with van der Waals surface area (Å²) in [5.41, 5.74) is 1.70. The summed E-state index contributed by atoms with van der Waals surface area (Å²) >= 11 is 9.29. The molecule has 0 aliphatic carbocycles. The molecule has 110 valence electrons. The van der Waals surface area contributed by atoms with Gasteiger partial charge in [0.15, 0.2) is 0 Å². The van der Waals surface area contributed by atoms with Gasteiger partial charge < -0.3 is 10.1 Å². The van der Waals surface area contributed by atoms with Crippen molar-refractivity contribution in [2.45, 2.75) is 13.3 Å². The second-order valence-corrected chi connectivity index (χ2v) is 5.92. The molecule has 1 N–H and O–H groups in total. The second kappa shape index (κ2) is 7.48. The van der Waals surface area contributed by atoms with E-state index in [1.807, 2.05) is 37.3 Å². The van der Waals surface area contributed by atoms with Crippen LogP contribution in [0.2, 0.25) is 5.02 Å². The molecule has 3 nitrogen and oxygen atoms in total. The summed E-state index contributed by atoms with van der Waals surface area (Å²) in [6.45, 7) is 2.24. The van der Waals surface area contributed by atoms with Crippen LogP contribution in [0.25, 0.3) is 0 Å². The fraction of sp³-hybridized carbons (Fsp3) is 0.188. The van der Waals surface area contributed by atoms with E-state index in [0.717, 1.165) is 21.5 Å². The summed E-state index contributed by atoms with van der Waals surface area (Å²) in [7, 11) is 0. The van der Waals surface area contributed by atoms with Gasteiger partial charge in [0.25, 0.3) is 0 Å². The minimum atomic E-state index is -0.102. The number of hydrogen-bond donors (Lipinski definition) is 1. The Kier molecular flexibility index (Phi) is 5.65. The number of ether oxygens (including phenoxy) is 1. The third-order valence-corrected chi connectivity index (χ3v) is 3.60. The van der Waals surface area contributed by atoms with E-state index in [0.29, 0.717) is 11.6 Å². The van der Waals surface area contributed by atoms with Crippen LogP contribution < -0.4 is 10.1 Å². The minimum Gasteiger partial charge on any atom is -0.493 e. The lowest BCUT2D eigenvalue weighted by Crippen LogP contribution is -2.15. The molecular formula is C16H15BrClNO2. The summed E-state index contributed by atoms with van der Waals surface area (Å²) in [6, 6.07) is 12.9. The molecule has 0 saturated heterocycles. The Morgan fingerprint density at radius 1 is 1.29 bits per heavy atom. The summed E-state index contributed by atoms with van der Waals surface area (Å²) in [5, 5.41) is 3.43. The van der Waals surface area contributed by atoms with Crippen molar-refractivity contribution in [2.75, 3.05) is 11.9 Å². The molecule has 0 unspecified atom stereocenters. The van der Waals surface area contributed by atoms with Gasteiger partial charge in [-0.25, -0.2) is 0 Å². The zero-order valence-electron chi connectivity index (χ0n) is 11.5. The zero-order chi connectivity index (χ0) is 15.2. The number of carbonyl (C=O) groups is 1. The highest BCUT2D eigenvalue weighted by Gasteiger charge is 2.06. The topological polar surface area (TPSA) is 38.3 Å². The number of nitrogens with one attached hydrogen (secondary N) is 1. The molecule has 0 aliphatic heterocycles. The summed E-state index contributed by atoms with van der Waals surface area (Å²) in [6.07, 6.45) is 0.276. The number of rotatable bonds is 5. The molecule has 0 aliphatic rings. The Morgan fingerprint density at radius 2 is 2.10 bits per heavy atom. The minimum absolute atomic E-state index is 0.102. The zero-order valence-corrected chi connectivity index (χ0v) is 13.9. The Balaban J connectivity index is 1.84. The normalized spacial score (nSPS) is 10.2. The fourth-order valence-corrected chi connectivity index (χ4v) is 2.31. The van der Waals surface area contributed by atoms with Gasteiger partial charge in [0.05, 0.1) is 13.0 Å². The molecule has 2 aromatic rings. The Bertz CT molecular complexity index is 646. The highest BCUT2D eigenvalue weighted by molar-refractivity contribution is 9.10. The highest BCUT2D eigenvalue weighted by atomic mass is 79.9. The lowest BCUT2D eigenvalue weighted by atomic mass is 10.2. The molecule has 0 radical (unpaired) electrons. The molecule has 0 atom stereocenters. The first kappa shape index (κ1) is 15.9. The molecule has 0 heterocycles. The first-order chi connectivity index (χ1) is 10.0. The van der Waals surface area contributed by atoms with Crippen LogP contribution in [0.5, 0.6) is 5.75 Å². The monoisotopic (exact) mass is 367 g/mol. The van der Waals surface area contributed by atoms with Crippen LogP contribution >= 0.6 is 27.5 Å². The van der Waals surface area contributed by atoms with Gasteiger partial charge >= 0.3 is 0 Å². The number of halogens is 2. The number of amides is 1. The number of hydrogen-bond acceptors (Lipinski definition) is 2. The summed E-state index contributed by atoms with van der Waals surface area (Å²) in [5.74, 6) is 0.631. The number of aryl methyl sites for hydroxylation is 1. The van der Waals surface area contributed by atoms with Crippen molar-refractivity contribution in [1.29, 1.82) is 0 Å². The Hall–Kier alpha value is -1.52. The van der Waals surface area contributed by atoms with E-state index >= 15 is 0 Å². The number of anilines is 1. The van der Waals surface area contributed by atoms with Crippen LogP contribution in [0, 0.1) is 6.92 Å². The van der Waals surface area contributed by atoms with Crippen molar-refractivity contribution in [2.24, 2.45) is 0 Å². The van der Waals surface area contributed by atoms with Gasteiger partial charge in [-0.2, -0.15) is 0 Å². The second-order valence-electron chi connectivity index (χ2n) is 4.56. The molecule has 0 saturated carbocycles. The van der Waals surface area contributed by atoms with Crippen LogP contribution in [0.15, 0.2) is 46.9 Å². The van der Waals surface area contributed by atoms with Gasteiger partial charge in [-0.05, 0) is 42.8 Å². The van der Waals surface area contributed by atoms with Crippen LogP contribution in [0.1, 0.15) is 12.0 Å². The largest absolute Gasteiger partial charge is 0.493 e. The van der Waals surface area contributed by atoms with Crippen LogP contribution in [0.4, 0.5) is 5.69 Å². The molecule has 0 spiro atoms. The maximum atomic E-state index is 11.9. The van der Waals surface area contributed by atoms with Gasteiger partial charge in [0.2, 0.25) is 5.91 Å². The van der Waals surface area contributed by atoms with E-state index in [-0.39, 0.29) is 12.3 Å². The lowest BCUT2D eigenvalue weighted by molar-refractivity contribution is -0.116. The molecule has 0 aromatic heterocycles. The van der Waals surface area contributed by atoms with E-state index in [2.05, 4.69) is 21.2 Å². The molecule has 0 bridgehead atoms. The van der Waals surface area contributed by atoms with Crippen molar-refractivity contribution >= 4 is 39.1 Å². The quantitative estimate of drug-likeness (QED) is 0.822. The molecule has 1 amide bonds. The van der Waals surface area contributed by atoms with E-state index in [1.54, 1.807) is 12.1 Å². The highest BCUT2D eigenvalue weighted by Crippen LogP contribution is 2.20. The molecule has 0 fully saturated rings. The van der Waals surface area contributed by atoms with Crippen LogP contribution in [-0.2, 0) is 4.79 Å². The molecule has 5 heteroatoms. The van der Waals surface area contributed by atoms with Gasteiger partial charge in [0.1, 0.15) is 5.75 Å². The fourth-order valence-electron chi connectivity index (χ4n) is 1.76. The predicted octanol–water partition coefficient (Wildman–Crippen LogP) is 4.82. The van der Waals surface area contributed by atoms with Gasteiger partial charge in [-0.15, -0.1) is 0 Å². The number of benzene rings is 2. The first-order valence-electron chi connectivity index (χ1n) is 6.49. The van der Waals surface area contributed by atoms with E-state index < -0.39 is 0 Å². The van der Waals surface area contributed by atoms with Crippen LogP contribution in [-0.4, -0.2) is 12.5 Å². The van der Waals surface area contributed by atoms with Gasteiger partial charge in [-0.1, -0.05) is 39.7 Å². The molecular weight excluding hydrogens is 354 g/mol. The summed E-state index contributed by atoms with van der Waals surface area (Å²) < 4.78 is 6.48. The average molecular weight is 369 g/mol. The third kappa shape index (κ3) is 5.06. The Labute approximate surface area is 137 Å². The van der Waals surface area contributed by atoms with Crippen molar-refractivity contribution < 1.29 is 9.53 Å². The maximum absolute atomic E-state index is 11.9. The van der Waals surface area contributed by atoms with Crippen molar-refractivity contribution in [3.8, 4) is 5.75 Å². The van der Waals surface area contributed by atoms with E-state index in [4.69, 9.17) is 16.3 Å². The van der Waals surface area contributed by atoms with E-state index in [9.17, 15) is 4.79 Å². The lowest BCUT2D eigenvalue weighted by Gasteiger charge is -2.10.